The number of anilines is 3. The van der Waals surface area contributed by atoms with Gasteiger partial charge in [0.1, 0.15) is 11.6 Å². The van der Waals surface area contributed by atoms with Crippen molar-refractivity contribution in [3.05, 3.63) is 71.9 Å². The Bertz CT molecular complexity index is 792. The summed E-state index contributed by atoms with van der Waals surface area (Å²) in [6, 6.07) is 11.9. The first-order valence-electron chi connectivity index (χ1n) is 7.20. The molecule has 0 bridgehead atoms. The highest BCUT2D eigenvalue weighted by Gasteiger charge is 2.04. The van der Waals surface area contributed by atoms with Crippen LogP contribution in [0.4, 0.5) is 21.8 Å². The molecule has 0 radical (unpaired) electrons. The van der Waals surface area contributed by atoms with Crippen molar-refractivity contribution < 1.29 is 4.39 Å². The van der Waals surface area contributed by atoms with E-state index in [0.717, 1.165) is 11.3 Å². The Balaban J connectivity index is 1.73. The molecule has 3 rings (SSSR count). The van der Waals surface area contributed by atoms with Gasteiger partial charge in [0.2, 0.25) is 5.95 Å². The highest BCUT2D eigenvalue weighted by molar-refractivity contribution is 5.55. The third-order valence-corrected chi connectivity index (χ3v) is 3.13. The van der Waals surface area contributed by atoms with Crippen molar-refractivity contribution in [1.29, 1.82) is 0 Å². The summed E-state index contributed by atoms with van der Waals surface area (Å²) in [4.78, 5) is 12.8. The smallest absolute Gasteiger partial charge is 0.229 e. The minimum atomic E-state index is -0.308. The molecule has 5 nitrogen and oxygen atoms in total. The van der Waals surface area contributed by atoms with Gasteiger partial charge in [-0.3, -0.25) is 4.98 Å². The number of hydrogen-bond acceptors (Lipinski definition) is 5. The van der Waals surface area contributed by atoms with Crippen LogP contribution in [0.15, 0.2) is 54.9 Å². The minimum absolute atomic E-state index is 0.308. The van der Waals surface area contributed by atoms with E-state index in [-0.39, 0.29) is 5.82 Å². The molecule has 1 aromatic carbocycles. The Morgan fingerprint density at radius 3 is 2.78 bits per heavy atom. The Hall–Kier alpha value is -3.02. The zero-order valence-corrected chi connectivity index (χ0v) is 12.6. The molecule has 0 saturated heterocycles. The lowest BCUT2D eigenvalue weighted by atomic mass is 10.3. The van der Waals surface area contributed by atoms with Gasteiger partial charge in [-0.2, -0.15) is 4.98 Å². The van der Waals surface area contributed by atoms with E-state index in [4.69, 9.17) is 0 Å². The van der Waals surface area contributed by atoms with Gasteiger partial charge in [0.05, 0.1) is 0 Å². The Morgan fingerprint density at radius 2 is 2.00 bits per heavy atom. The maximum absolute atomic E-state index is 13.2. The van der Waals surface area contributed by atoms with Crippen molar-refractivity contribution in [2.45, 2.75) is 13.5 Å². The van der Waals surface area contributed by atoms with Gasteiger partial charge in [-0.25, -0.2) is 9.37 Å². The molecule has 23 heavy (non-hydrogen) atoms. The Morgan fingerprint density at radius 1 is 1.09 bits per heavy atom. The van der Waals surface area contributed by atoms with Crippen LogP contribution in [0.5, 0.6) is 0 Å². The van der Waals surface area contributed by atoms with Crippen molar-refractivity contribution in [2.24, 2.45) is 0 Å². The molecule has 2 aromatic heterocycles. The van der Waals surface area contributed by atoms with Gasteiger partial charge in [0, 0.05) is 36.4 Å². The van der Waals surface area contributed by atoms with Crippen LogP contribution in [-0.4, -0.2) is 15.0 Å². The second kappa shape index (κ2) is 6.83. The summed E-state index contributed by atoms with van der Waals surface area (Å²) in [6.45, 7) is 2.50. The van der Waals surface area contributed by atoms with Crippen LogP contribution in [0.3, 0.4) is 0 Å². The molecule has 2 N–H and O–H groups in total. The standard InChI is InChI=1S/C17H16FN5/c1-12-8-16(20-11-13-4-3-7-19-10-13)23-17(21-12)22-15-6-2-5-14(18)9-15/h2-10H,11H2,1H3,(H2,20,21,22,23). The fraction of sp³-hybridized carbons (Fsp3) is 0.118. The number of nitrogens with one attached hydrogen (secondary N) is 2. The molecule has 116 valence electrons. The van der Waals surface area contributed by atoms with Crippen LogP contribution in [0.1, 0.15) is 11.3 Å². The molecule has 0 aliphatic heterocycles. The summed E-state index contributed by atoms with van der Waals surface area (Å²) < 4.78 is 13.2. The largest absolute Gasteiger partial charge is 0.366 e. The Labute approximate surface area is 133 Å². The van der Waals surface area contributed by atoms with Gasteiger partial charge in [-0.05, 0) is 36.8 Å². The summed E-state index contributed by atoms with van der Waals surface area (Å²) in [7, 11) is 0. The molecule has 0 saturated carbocycles. The van der Waals surface area contributed by atoms with Crippen molar-refractivity contribution in [2.75, 3.05) is 10.6 Å². The number of nitrogens with zero attached hydrogens (tertiary/aromatic N) is 3. The third kappa shape index (κ3) is 4.23. The highest BCUT2D eigenvalue weighted by Crippen LogP contribution is 2.17. The van der Waals surface area contributed by atoms with E-state index in [9.17, 15) is 4.39 Å². The fourth-order valence-electron chi connectivity index (χ4n) is 2.11. The summed E-state index contributed by atoms with van der Waals surface area (Å²) in [5.74, 6) is 0.808. The molecule has 3 aromatic rings. The average Bonchev–Trinajstić information content (AvgIpc) is 2.53. The summed E-state index contributed by atoms with van der Waals surface area (Å²) in [5.41, 5.74) is 2.48. The summed E-state index contributed by atoms with van der Waals surface area (Å²) in [6.07, 6.45) is 3.53. The predicted molar refractivity (Wildman–Crippen MR) is 88.0 cm³/mol. The van der Waals surface area contributed by atoms with Crippen LogP contribution in [0.25, 0.3) is 0 Å². The molecule has 0 amide bonds. The van der Waals surface area contributed by atoms with Gasteiger partial charge >= 0.3 is 0 Å². The van der Waals surface area contributed by atoms with Gasteiger partial charge in [-0.1, -0.05) is 12.1 Å². The van der Waals surface area contributed by atoms with Crippen molar-refractivity contribution in [3.8, 4) is 0 Å². The number of aromatic nitrogens is 3. The average molecular weight is 309 g/mol. The van der Waals surface area contributed by atoms with Gasteiger partial charge < -0.3 is 10.6 Å². The number of aryl methyl sites for hydroxylation is 1. The van der Waals surface area contributed by atoms with Crippen LogP contribution in [-0.2, 0) is 6.54 Å². The first-order valence-corrected chi connectivity index (χ1v) is 7.20. The lowest BCUT2D eigenvalue weighted by Crippen LogP contribution is -2.05. The van der Waals surface area contributed by atoms with E-state index in [2.05, 4.69) is 25.6 Å². The molecule has 0 aliphatic rings. The van der Waals surface area contributed by atoms with E-state index in [1.807, 2.05) is 25.1 Å². The molecule has 0 atom stereocenters. The third-order valence-electron chi connectivity index (χ3n) is 3.13. The lowest BCUT2D eigenvalue weighted by molar-refractivity contribution is 0.628. The minimum Gasteiger partial charge on any atom is -0.366 e. The second-order valence-corrected chi connectivity index (χ2v) is 5.07. The SMILES string of the molecule is Cc1cc(NCc2cccnc2)nc(Nc2cccc(F)c2)n1. The Kier molecular flexibility index (Phi) is 4.42. The number of halogens is 1. The lowest BCUT2D eigenvalue weighted by Gasteiger charge is -2.10. The second-order valence-electron chi connectivity index (χ2n) is 5.07. The van der Waals surface area contributed by atoms with E-state index >= 15 is 0 Å². The highest BCUT2D eigenvalue weighted by atomic mass is 19.1. The number of hydrogen-bond donors (Lipinski definition) is 2. The zero-order valence-electron chi connectivity index (χ0n) is 12.6. The van der Waals surface area contributed by atoms with Crippen molar-refractivity contribution in [3.63, 3.8) is 0 Å². The molecule has 0 unspecified atom stereocenters. The topological polar surface area (TPSA) is 62.7 Å². The van der Waals surface area contributed by atoms with E-state index < -0.39 is 0 Å². The van der Waals surface area contributed by atoms with Crippen LogP contribution in [0.2, 0.25) is 0 Å². The molecular weight excluding hydrogens is 293 g/mol. The van der Waals surface area contributed by atoms with Gasteiger partial charge in [-0.15, -0.1) is 0 Å². The fourth-order valence-corrected chi connectivity index (χ4v) is 2.11. The maximum Gasteiger partial charge on any atom is 0.229 e. The molecule has 2 heterocycles. The number of rotatable bonds is 5. The first kappa shape index (κ1) is 14.9. The van der Waals surface area contributed by atoms with Crippen LogP contribution in [0, 0.1) is 12.7 Å². The van der Waals surface area contributed by atoms with Crippen LogP contribution < -0.4 is 10.6 Å². The van der Waals surface area contributed by atoms with Crippen molar-refractivity contribution >= 4 is 17.5 Å². The summed E-state index contributed by atoms with van der Waals surface area (Å²) >= 11 is 0. The number of benzene rings is 1. The van der Waals surface area contributed by atoms with E-state index in [1.165, 1.54) is 12.1 Å². The normalized spacial score (nSPS) is 10.3. The predicted octanol–water partition coefficient (Wildman–Crippen LogP) is 3.67. The quantitative estimate of drug-likeness (QED) is 0.753. The molecule has 6 heteroatoms. The first-order chi connectivity index (χ1) is 11.2. The van der Waals surface area contributed by atoms with Crippen LogP contribution >= 0.6 is 0 Å². The summed E-state index contributed by atoms with van der Waals surface area (Å²) in [5, 5.41) is 6.24. The molecular formula is C17H16FN5. The molecule has 0 fully saturated rings. The number of pyridine rings is 1. The van der Waals surface area contributed by atoms with E-state index in [1.54, 1.807) is 24.5 Å². The zero-order chi connectivity index (χ0) is 16.1. The van der Waals surface area contributed by atoms with Gasteiger partial charge in [0.15, 0.2) is 0 Å². The monoisotopic (exact) mass is 309 g/mol. The van der Waals surface area contributed by atoms with Crippen molar-refractivity contribution in [1.82, 2.24) is 15.0 Å². The maximum atomic E-state index is 13.2. The van der Waals surface area contributed by atoms with E-state index in [0.29, 0.717) is 24.0 Å². The van der Waals surface area contributed by atoms with Gasteiger partial charge in [0.25, 0.3) is 0 Å². The molecule has 0 spiro atoms. The molecule has 0 aliphatic carbocycles.